The van der Waals surface area contributed by atoms with Gasteiger partial charge in [-0.3, -0.25) is 4.79 Å². The maximum absolute atomic E-state index is 12.8. The van der Waals surface area contributed by atoms with Crippen molar-refractivity contribution in [3.63, 3.8) is 0 Å². The molecule has 0 spiro atoms. The van der Waals surface area contributed by atoms with Gasteiger partial charge in [0.15, 0.2) is 0 Å². The third-order valence-electron chi connectivity index (χ3n) is 4.49. The van der Waals surface area contributed by atoms with Gasteiger partial charge in [0.1, 0.15) is 4.90 Å². The molecular weight excluding hydrogens is 372 g/mol. The quantitative estimate of drug-likeness (QED) is 0.818. The summed E-state index contributed by atoms with van der Waals surface area (Å²) < 4.78 is 25.9. The van der Waals surface area contributed by atoms with E-state index >= 15 is 0 Å². The number of carbonyl (C=O) groups is 1. The van der Waals surface area contributed by atoms with Gasteiger partial charge in [-0.25, -0.2) is 12.7 Å². The third-order valence-corrected chi connectivity index (χ3v) is 6.79. The van der Waals surface area contributed by atoms with Crippen molar-refractivity contribution in [1.29, 1.82) is 0 Å². The molecule has 0 aliphatic heterocycles. The molecule has 1 aliphatic rings. The van der Waals surface area contributed by atoms with Gasteiger partial charge in [0.2, 0.25) is 10.0 Å². The average molecular weight is 393 g/mol. The molecule has 1 saturated carbocycles. The summed E-state index contributed by atoms with van der Waals surface area (Å²) in [6.07, 6.45) is 2.14. The lowest BCUT2D eigenvalue weighted by atomic mass is 10.0. The summed E-state index contributed by atoms with van der Waals surface area (Å²) in [5.41, 5.74) is 1.33. The van der Waals surface area contributed by atoms with Crippen LogP contribution in [0.4, 0.5) is 0 Å². The fraction of sp³-hybridized carbons (Fsp3) is 0.316. The number of rotatable bonds is 6. The number of nitrogens with zero attached hydrogens (tertiary/aromatic N) is 1. The molecule has 0 aromatic heterocycles. The molecule has 138 valence electrons. The van der Waals surface area contributed by atoms with Crippen LogP contribution in [0.15, 0.2) is 53.4 Å². The van der Waals surface area contributed by atoms with Crippen LogP contribution in [0.5, 0.6) is 0 Å². The molecule has 7 heteroatoms. The number of halogens is 1. The zero-order valence-corrected chi connectivity index (χ0v) is 16.2. The largest absolute Gasteiger partial charge is 0.345 e. The molecule has 0 unspecified atom stereocenters. The van der Waals surface area contributed by atoms with E-state index in [4.69, 9.17) is 11.6 Å². The molecule has 0 radical (unpaired) electrons. The molecule has 5 nitrogen and oxygen atoms in total. The second-order valence-corrected chi connectivity index (χ2v) is 9.16. The number of hydrogen-bond acceptors (Lipinski definition) is 3. The van der Waals surface area contributed by atoms with Gasteiger partial charge in [0.25, 0.3) is 5.91 Å². The fourth-order valence-corrected chi connectivity index (χ4v) is 4.22. The number of benzene rings is 2. The predicted molar refractivity (Wildman–Crippen MR) is 102 cm³/mol. The highest BCUT2D eigenvalue weighted by atomic mass is 35.5. The highest BCUT2D eigenvalue weighted by molar-refractivity contribution is 7.89. The molecule has 0 saturated heterocycles. The second-order valence-electron chi connectivity index (χ2n) is 6.63. The molecule has 3 rings (SSSR count). The van der Waals surface area contributed by atoms with E-state index in [0.29, 0.717) is 5.92 Å². The molecule has 2 aromatic carbocycles. The van der Waals surface area contributed by atoms with Crippen LogP contribution in [0.25, 0.3) is 0 Å². The highest BCUT2D eigenvalue weighted by Crippen LogP contribution is 2.41. The van der Waals surface area contributed by atoms with Crippen molar-refractivity contribution in [2.24, 2.45) is 5.92 Å². The number of hydrogen-bond donors (Lipinski definition) is 1. The lowest BCUT2D eigenvalue weighted by Crippen LogP contribution is -2.30. The maximum Gasteiger partial charge on any atom is 0.251 e. The van der Waals surface area contributed by atoms with Crippen molar-refractivity contribution in [2.75, 3.05) is 14.1 Å². The van der Waals surface area contributed by atoms with E-state index in [1.165, 1.54) is 26.2 Å². The zero-order valence-electron chi connectivity index (χ0n) is 14.6. The van der Waals surface area contributed by atoms with Crippen LogP contribution in [0, 0.1) is 5.92 Å². The van der Waals surface area contributed by atoms with Crippen molar-refractivity contribution in [1.82, 2.24) is 9.62 Å². The smallest absolute Gasteiger partial charge is 0.251 e. The summed E-state index contributed by atoms with van der Waals surface area (Å²) in [4.78, 5) is 12.7. The fourth-order valence-electron chi connectivity index (χ4n) is 2.83. The molecule has 1 fully saturated rings. The van der Waals surface area contributed by atoms with Crippen LogP contribution in [0.2, 0.25) is 5.02 Å². The first-order chi connectivity index (χ1) is 12.3. The number of sulfonamides is 1. The van der Waals surface area contributed by atoms with Crippen molar-refractivity contribution in [2.45, 2.75) is 23.8 Å². The van der Waals surface area contributed by atoms with Crippen molar-refractivity contribution >= 4 is 27.5 Å². The van der Waals surface area contributed by atoms with Gasteiger partial charge in [-0.2, -0.15) is 0 Å². The first-order valence-corrected chi connectivity index (χ1v) is 10.2. The standard InChI is InChI=1S/C19H21ClN2O3S/c1-22(2)26(24,25)17-12-15(10-11-16(17)20)19(23)21-18(14-8-9-14)13-6-4-3-5-7-13/h3-7,10-12,14,18H,8-9H2,1-2H3,(H,21,23)/t18-/m0/s1. The lowest BCUT2D eigenvalue weighted by Gasteiger charge is -2.19. The number of amides is 1. The van der Waals surface area contributed by atoms with E-state index in [1.807, 2.05) is 30.3 Å². The minimum Gasteiger partial charge on any atom is -0.345 e. The minimum atomic E-state index is -3.73. The monoisotopic (exact) mass is 392 g/mol. The summed E-state index contributed by atoms with van der Waals surface area (Å²) in [5.74, 6) is 0.108. The van der Waals surface area contributed by atoms with Gasteiger partial charge in [-0.15, -0.1) is 0 Å². The van der Waals surface area contributed by atoms with E-state index in [1.54, 1.807) is 6.07 Å². The first kappa shape index (κ1) is 18.9. The van der Waals surface area contributed by atoms with E-state index in [-0.39, 0.29) is 27.4 Å². The van der Waals surface area contributed by atoms with Crippen molar-refractivity contribution in [3.8, 4) is 0 Å². The average Bonchev–Trinajstić information content (AvgIpc) is 3.45. The van der Waals surface area contributed by atoms with Crippen LogP contribution in [0.3, 0.4) is 0 Å². The Morgan fingerprint density at radius 3 is 2.38 bits per heavy atom. The van der Waals surface area contributed by atoms with E-state index in [2.05, 4.69) is 5.32 Å². The lowest BCUT2D eigenvalue weighted by molar-refractivity contribution is 0.0931. The van der Waals surface area contributed by atoms with Crippen molar-refractivity contribution in [3.05, 3.63) is 64.7 Å². The van der Waals surface area contributed by atoms with Crippen LogP contribution in [-0.4, -0.2) is 32.7 Å². The number of carbonyl (C=O) groups excluding carboxylic acids is 1. The Hall–Kier alpha value is -1.89. The van der Waals surface area contributed by atoms with Gasteiger partial charge in [0.05, 0.1) is 11.1 Å². The Bertz CT molecular complexity index is 910. The Morgan fingerprint density at radius 1 is 1.15 bits per heavy atom. The molecule has 1 N–H and O–H groups in total. The van der Waals surface area contributed by atoms with Crippen LogP contribution < -0.4 is 5.32 Å². The summed E-state index contributed by atoms with van der Waals surface area (Å²) in [5, 5.41) is 3.14. The normalized spacial score (nSPS) is 15.7. The van der Waals surface area contributed by atoms with Gasteiger partial charge >= 0.3 is 0 Å². The molecule has 1 aliphatic carbocycles. The van der Waals surface area contributed by atoms with Crippen LogP contribution >= 0.6 is 11.6 Å². The third kappa shape index (κ3) is 3.92. The molecule has 0 heterocycles. The van der Waals surface area contributed by atoms with Gasteiger partial charge in [0, 0.05) is 19.7 Å². The molecule has 1 atom stereocenters. The SMILES string of the molecule is CN(C)S(=O)(=O)c1cc(C(=O)N[C@@H](c2ccccc2)C2CC2)ccc1Cl. The Morgan fingerprint density at radius 2 is 1.81 bits per heavy atom. The maximum atomic E-state index is 12.8. The number of nitrogens with one attached hydrogen (secondary N) is 1. The van der Waals surface area contributed by atoms with E-state index < -0.39 is 10.0 Å². The second kappa shape index (κ2) is 7.39. The highest BCUT2D eigenvalue weighted by Gasteiger charge is 2.33. The van der Waals surface area contributed by atoms with E-state index in [9.17, 15) is 13.2 Å². The minimum absolute atomic E-state index is 0.0699. The van der Waals surface area contributed by atoms with Crippen LogP contribution in [-0.2, 0) is 10.0 Å². The van der Waals surface area contributed by atoms with Crippen LogP contribution in [0.1, 0.15) is 34.8 Å². The summed E-state index contributed by atoms with van der Waals surface area (Å²) >= 11 is 6.05. The topological polar surface area (TPSA) is 66.5 Å². The summed E-state index contributed by atoms with van der Waals surface area (Å²) in [6, 6.07) is 14.1. The molecule has 2 aromatic rings. The van der Waals surface area contributed by atoms with Gasteiger partial charge in [-0.05, 0) is 42.5 Å². The van der Waals surface area contributed by atoms with E-state index in [0.717, 1.165) is 22.7 Å². The molecular formula is C19H21ClN2O3S. The predicted octanol–water partition coefficient (Wildman–Crippen LogP) is 3.47. The molecule has 26 heavy (non-hydrogen) atoms. The van der Waals surface area contributed by atoms with Gasteiger partial charge in [-0.1, -0.05) is 41.9 Å². The molecule has 1 amide bonds. The Balaban J connectivity index is 1.88. The Labute approximate surface area is 159 Å². The van der Waals surface area contributed by atoms with Gasteiger partial charge < -0.3 is 5.32 Å². The summed E-state index contributed by atoms with van der Waals surface area (Å²) in [6.45, 7) is 0. The zero-order chi connectivity index (χ0) is 18.9. The summed E-state index contributed by atoms with van der Waals surface area (Å²) in [7, 11) is -0.872. The Kier molecular flexibility index (Phi) is 5.37. The van der Waals surface area contributed by atoms with Crippen molar-refractivity contribution < 1.29 is 13.2 Å². The first-order valence-electron chi connectivity index (χ1n) is 8.38. The molecule has 0 bridgehead atoms.